The predicted octanol–water partition coefficient (Wildman–Crippen LogP) is 2.69. The van der Waals surface area contributed by atoms with Crippen LogP contribution in [0, 0.1) is 29.1 Å². The van der Waals surface area contributed by atoms with Crippen LogP contribution in [-0.4, -0.2) is 0 Å². The molecule has 3 aliphatic rings. The van der Waals surface area contributed by atoms with Gasteiger partial charge in [-0.3, -0.25) is 0 Å². The molecule has 2 bridgehead atoms. The van der Waals surface area contributed by atoms with E-state index in [-0.39, 0.29) is 0 Å². The van der Waals surface area contributed by atoms with Crippen LogP contribution in [0.1, 0.15) is 33.1 Å². The third-order valence-corrected chi connectivity index (χ3v) is 4.64. The van der Waals surface area contributed by atoms with Crippen LogP contribution in [-0.2, 0) is 0 Å². The molecule has 0 aromatic carbocycles. The van der Waals surface area contributed by atoms with Crippen LogP contribution in [0.2, 0.25) is 0 Å². The Morgan fingerprint density at radius 1 is 1.00 bits per heavy atom. The molecule has 0 aromatic heterocycles. The summed E-state index contributed by atoms with van der Waals surface area (Å²) in [5.41, 5.74) is 0.812. The predicted molar refractivity (Wildman–Crippen MR) is 41.6 cm³/mol. The standard InChI is InChI=1S/C10H16/c1-6-7-3-10(2)4-8(6)9(7)5-10/h6-9H,3-5H2,1-2H3. The van der Waals surface area contributed by atoms with E-state index in [1.54, 1.807) is 19.3 Å². The van der Waals surface area contributed by atoms with Crippen LogP contribution in [0.15, 0.2) is 0 Å². The number of fused-ring (bicyclic) bond motifs is 1. The second kappa shape index (κ2) is 1.31. The maximum atomic E-state index is 2.51. The van der Waals surface area contributed by atoms with Crippen molar-refractivity contribution in [1.82, 2.24) is 0 Å². The second-order valence-electron chi connectivity index (χ2n) is 5.27. The Balaban J connectivity index is 1.98. The van der Waals surface area contributed by atoms with Gasteiger partial charge in [0, 0.05) is 0 Å². The molecule has 0 radical (unpaired) electrons. The van der Waals surface area contributed by atoms with E-state index < -0.39 is 0 Å². The van der Waals surface area contributed by atoms with Gasteiger partial charge in [0.25, 0.3) is 0 Å². The number of rotatable bonds is 0. The van der Waals surface area contributed by atoms with E-state index in [1.165, 1.54) is 5.92 Å². The maximum absolute atomic E-state index is 2.51. The third-order valence-electron chi connectivity index (χ3n) is 4.64. The zero-order chi connectivity index (χ0) is 6.93. The average Bonchev–Trinajstić information content (AvgIpc) is 2.36. The molecule has 0 N–H and O–H groups in total. The Labute approximate surface area is 63.0 Å². The summed E-state index contributed by atoms with van der Waals surface area (Å²) in [4.78, 5) is 0. The van der Waals surface area contributed by atoms with Crippen LogP contribution in [0.5, 0.6) is 0 Å². The van der Waals surface area contributed by atoms with Crippen LogP contribution in [0.4, 0.5) is 0 Å². The van der Waals surface area contributed by atoms with Gasteiger partial charge < -0.3 is 0 Å². The van der Waals surface area contributed by atoms with Gasteiger partial charge in [0.1, 0.15) is 0 Å². The minimum absolute atomic E-state index is 0.812. The third kappa shape index (κ3) is 0.408. The first-order chi connectivity index (χ1) is 4.70. The molecule has 2 atom stereocenters. The minimum Gasteiger partial charge on any atom is -0.0620 e. The van der Waals surface area contributed by atoms with E-state index in [1.807, 2.05) is 0 Å². The van der Waals surface area contributed by atoms with Crippen molar-refractivity contribution in [3.05, 3.63) is 0 Å². The summed E-state index contributed by atoms with van der Waals surface area (Å²) in [5.74, 6) is 4.59. The molecule has 3 rings (SSSR count). The SMILES string of the molecule is CC1C2CC3(C)CC1C2C3. The highest BCUT2D eigenvalue weighted by molar-refractivity contribution is 5.12. The van der Waals surface area contributed by atoms with Crippen molar-refractivity contribution in [1.29, 1.82) is 0 Å². The zero-order valence-electron chi connectivity index (χ0n) is 6.93. The molecule has 0 spiro atoms. The Morgan fingerprint density at radius 2 is 1.50 bits per heavy atom. The van der Waals surface area contributed by atoms with Crippen molar-refractivity contribution >= 4 is 0 Å². The van der Waals surface area contributed by atoms with E-state index in [0.29, 0.717) is 0 Å². The Kier molecular flexibility index (Phi) is 0.735. The lowest BCUT2D eigenvalue weighted by Gasteiger charge is -2.50. The summed E-state index contributed by atoms with van der Waals surface area (Å²) in [6.45, 7) is 4.97. The van der Waals surface area contributed by atoms with Crippen molar-refractivity contribution in [3.8, 4) is 0 Å². The van der Waals surface area contributed by atoms with Gasteiger partial charge in [0.2, 0.25) is 0 Å². The molecule has 2 unspecified atom stereocenters. The molecule has 3 aliphatic carbocycles. The molecule has 0 heteroatoms. The molecule has 0 aliphatic heterocycles. The Hall–Kier alpha value is 0. The van der Waals surface area contributed by atoms with Crippen LogP contribution < -0.4 is 0 Å². The lowest BCUT2D eigenvalue weighted by molar-refractivity contribution is -0.0157. The van der Waals surface area contributed by atoms with Crippen LogP contribution in [0.25, 0.3) is 0 Å². The van der Waals surface area contributed by atoms with Crippen molar-refractivity contribution in [2.24, 2.45) is 29.1 Å². The van der Waals surface area contributed by atoms with Gasteiger partial charge in [-0.15, -0.1) is 0 Å². The fraction of sp³-hybridized carbons (Fsp3) is 1.00. The topological polar surface area (TPSA) is 0 Å². The van der Waals surface area contributed by atoms with E-state index in [2.05, 4.69) is 13.8 Å². The number of hydrogen-bond acceptors (Lipinski definition) is 0. The fourth-order valence-electron chi connectivity index (χ4n) is 4.20. The highest BCUT2D eigenvalue weighted by Gasteiger charge is 2.63. The van der Waals surface area contributed by atoms with E-state index in [0.717, 1.165) is 23.2 Å². The zero-order valence-corrected chi connectivity index (χ0v) is 6.93. The largest absolute Gasteiger partial charge is 0.0620 e. The molecule has 10 heavy (non-hydrogen) atoms. The van der Waals surface area contributed by atoms with Crippen molar-refractivity contribution in [2.45, 2.75) is 33.1 Å². The van der Waals surface area contributed by atoms with Gasteiger partial charge in [-0.05, 0) is 48.3 Å². The summed E-state index contributed by atoms with van der Waals surface area (Å²) in [7, 11) is 0. The quantitative estimate of drug-likeness (QED) is 0.480. The van der Waals surface area contributed by atoms with E-state index in [9.17, 15) is 0 Å². The summed E-state index contributed by atoms with van der Waals surface area (Å²) in [5, 5.41) is 0. The van der Waals surface area contributed by atoms with Gasteiger partial charge in [-0.1, -0.05) is 13.8 Å². The first-order valence-electron chi connectivity index (χ1n) is 4.70. The smallest absolute Gasteiger partial charge is 0.0317 e. The van der Waals surface area contributed by atoms with Crippen molar-refractivity contribution < 1.29 is 0 Å². The molecule has 0 saturated heterocycles. The average molecular weight is 136 g/mol. The van der Waals surface area contributed by atoms with Gasteiger partial charge in [0.05, 0.1) is 0 Å². The first-order valence-corrected chi connectivity index (χ1v) is 4.70. The van der Waals surface area contributed by atoms with Crippen LogP contribution >= 0.6 is 0 Å². The fourth-order valence-corrected chi connectivity index (χ4v) is 4.20. The Morgan fingerprint density at radius 3 is 1.80 bits per heavy atom. The molecule has 56 valence electrons. The maximum Gasteiger partial charge on any atom is -0.0317 e. The van der Waals surface area contributed by atoms with Gasteiger partial charge in [0.15, 0.2) is 0 Å². The normalized spacial score (nSPS) is 70.2. The van der Waals surface area contributed by atoms with E-state index in [4.69, 9.17) is 0 Å². The van der Waals surface area contributed by atoms with Crippen LogP contribution in [0.3, 0.4) is 0 Å². The summed E-state index contributed by atoms with van der Waals surface area (Å²) in [6.07, 6.45) is 4.71. The van der Waals surface area contributed by atoms with E-state index >= 15 is 0 Å². The molecule has 3 fully saturated rings. The molecule has 0 amide bonds. The highest BCUT2D eigenvalue weighted by atomic mass is 14.7. The molecule has 3 saturated carbocycles. The van der Waals surface area contributed by atoms with Crippen molar-refractivity contribution in [2.75, 3.05) is 0 Å². The van der Waals surface area contributed by atoms with Gasteiger partial charge in [-0.2, -0.15) is 0 Å². The second-order valence-corrected chi connectivity index (χ2v) is 5.27. The minimum atomic E-state index is 0.812. The van der Waals surface area contributed by atoms with Crippen molar-refractivity contribution in [3.63, 3.8) is 0 Å². The molecular formula is C10H16. The summed E-state index contributed by atoms with van der Waals surface area (Å²) < 4.78 is 0. The molecule has 0 aromatic rings. The molecular weight excluding hydrogens is 120 g/mol. The summed E-state index contributed by atoms with van der Waals surface area (Å²) >= 11 is 0. The lowest BCUT2D eigenvalue weighted by atomic mass is 9.55. The monoisotopic (exact) mass is 136 g/mol. The summed E-state index contributed by atoms with van der Waals surface area (Å²) in [6, 6.07) is 0. The first kappa shape index (κ1) is 5.62. The highest BCUT2D eigenvalue weighted by Crippen LogP contribution is 2.71. The lowest BCUT2D eigenvalue weighted by Crippen LogP contribution is -2.44. The number of hydrogen-bond donors (Lipinski definition) is 0. The van der Waals surface area contributed by atoms with Gasteiger partial charge in [-0.25, -0.2) is 0 Å². The Bertz CT molecular complexity index is 168. The molecule has 0 nitrogen and oxygen atoms in total. The molecule has 0 heterocycles. The van der Waals surface area contributed by atoms with Gasteiger partial charge >= 0.3 is 0 Å².